The lowest BCUT2D eigenvalue weighted by atomic mass is 9.71. The van der Waals surface area contributed by atoms with Crippen molar-refractivity contribution in [2.45, 2.75) is 23.5 Å². The van der Waals surface area contributed by atoms with Gasteiger partial charge in [0.2, 0.25) is 0 Å². The Hall–Kier alpha value is -3.71. The summed E-state index contributed by atoms with van der Waals surface area (Å²) in [6.45, 7) is 0.252. The third-order valence-corrected chi connectivity index (χ3v) is 6.71. The fourth-order valence-corrected chi connectivity index (χ4v) is 5.35. The third-order valence-electron chi connectivity index (χ3n) is 6.71. The molecule has 1 aromatic heterocycles. The lowest BCUT2D eigenvalue weighted by molar-refractivity contribution is -0.127. The van der Waals surface area contributed by atoms with Crippen LogP contribution >= 0.6 is 0 Å². The van der Waals surface area contributed by atoms with Crippen molar-refractivity contribution < 1.29 is 9.84 Å². The number of nitrogens with zero attached hydrogens (tertiary/aromatic N) is 3. The Morgan fingerprint density at radius 1 is 1.06 bits per heavy atom. The van der Waals surface area contributed by atoms with Crippen molar-refractivity contribution in [2.75, 3.05) is 6.54 Å². The zero-order valence-electron chi connectivity index (χ0n) is 16.7. The maximum atomic E-state index is 12.4. The molecule has 0 radical (unpaired) electrons. The molecule has 1 aliphatic heterocycles. The molecule has 2 aromatic carbocycles. The SMILES string of the molecule is N#Cc1ccc([C@@]23Oc4cc(C#N)cnc4[C@]2(O)[C@@H](CN)C[C@H]3c2ccccc2)cc1. The van der Waals surface area contributed by atoms with Gasteiger partial charge in [-0.1, -0.05) is 42.5 Å². The highest BCUT2D eigenvalue weighted by molar-refractivity contribution is 5.54. The van der Waals surface area contributed by atoms with Gasteiger partial charge < -0.3 is 15.6 Å². The quantitative estimate of drug-likeness (QED) is 0.688. The molecule has 152 valence electrons. The summed E-state index contributed by atoms with van der Waals surface area (Å²) in [7, 11) is 0. The number of pyridine rings is 1. The number of fused-ring (bicyclic) bond motifs is 3. The maximum Gasteiger partial charge on any atom is 0.175 e. The van der Waals surface area contributed by atoms with Crippen molar-refractivity contribution in [1.29, 1.82) is 10.5 Å². The molecule has 2 aliphatic rings. The van der Waals surface area contributed by atoms with E-state index < -0.39 is 11.2 Å². The summed E-state index contributed by atoms with van der Waals surface area (Å²) < 4.78 is 6.62. The molecular formula is C25H20N4O2. The van der Waals surface area contributed by atoms with E-state index in [2.05, 4.69) is 17.1 Å². The molecule has 6 heteroatoms. The highest BCUT2D eigenvalue weighted by atomic mass is 16.5. The predicted molar refractivity (Wildman–Crippen MR) is 113 cm³/mol. The monoisotopic (exact) mass is 408 g/mol. The Labute approximate surface area is 180 Å². The van der Waals surface area contributed by atoms with E-state index in [1.54, 1.807) is 18.2 Å². The van der Waals surface area contributed by atoms with Gasteiger partial charge in [0.1, 0.15) is 17.5 Å². The van der Waals surface area contributed by atoms with Crippen molar-refractivity contribution >= 4 is 0 Å². The number of aliphatic hydroxyl groups is 1. The van der Waals surface area contributed by atoms with Crippen LogP contribution in [0.4, 0.5) is 0 Å². The number of rotatable bonds is 3. The number of benzene rings is 2. The fraction of sp³-hybridized carbons (Fsp3) is 0.240. The lowest BCUT2D eigenvalue weighted by Crippen LogP contribution is -2.51. The van der Waals surface area contributed by atoms with E-state index in [0.717, 1.165) is 11.1 Å². The van der Waals surface area contributed by atoms with E-state index in [9.17, 15) is 15.6 Å². The predicted octanol–water partition coefficient (Wildman–Crippen LogP) is 3.06. The summed E-state index contributed by atoms with van der Waals surface area (Å²) in [6, 6.07) is 22.9. The molecule has 1 aliphatic carbocycles. The molecule has 0 bridgehead atoms. The first-order chi connectivity index (χ1) is 15.1. The normalized spacial score (nSPS) is 28.1. The molecule has 6 nitrogen and oxygen atoms in total. The standard InChI is InChI=1S/C25H20N4O2/c26-12-16-6-8-19(9-7-16)25-21(18-4-2-1-3-5-18)11-20(14-28)24(25,30)23-22(31-25)10-17(13-27)15-29-23/h1-10,15,20-21,30H,11,14,28H2/t20-,21+,24-,25+/m1/s1. The molecule has 2 heterocycles. The molecule has 1 saturated carbocycles. The number of nitrogens with two attached hydrogens (primary N) is 1. The van der Waals surface area contributed by atoms with Crippen molar-refractivity contribution in [3.05, 3.63) is 94.8 Å². The van der Waals surface area contributed by atoms with Gasteiger partial charge in [0.05, 0.1) is 17.2 Å². The highest BCUT2D eigenvalue weighted by Crippen LogP contribution is 2.68. The second kappa shape index (κ2) is 6.92. The van der Waals surface area contributed by atoms with E-state index in [-0.39, 0.29) is 18.4 Å². The van der Waals surface area contributed by atoms with Crippen LogP contribution in [0.2, 0.25) is 0 Å². The second-order valence-electron chi connectivity index (χ2n) is 8.11. The zero-order chi connectivity index (χ0) is 21.6. The summed E-state index contributed by atoms with van der Waals surface area (Å²) in [5, 5.41) is 31.0. The summed E-state index contributed by atoms with van der Waals surface area (Å²) in [4.78, 5) is 4.47. The number of nitriles is 2. The van der Waals surface area contributed by atoms with Gasteiger partial charge in [0, 0.05) is 24.1 Å². The average molecular weight is 408 g/mol. The smallest absolute Gasteiger partial charge is 0.175 e. The Kier molecular flexibility index (Phi) is 4.30. The van der Waals surface area contributed by atoms with E-state index >= 15 is 0 Å². The number of ether oxygens (including phenoxy) is 1. The van der Waals surface area contributed by atoms with Crippen LogP contribution in [0.25, 0.3) is 0 Å². The molecule has 0 saturated heterocycles. The van der Waals surface area contributed by atoms with Gasteiger partial charge in [-0.25, -0.2) is 0 Å². The van der Waals surface area contributed by atoms with Crippen molar-refractivity contribution in [2.24, 2.45) is 11.7 Å². The van der Waals surface area contributed by atoms with Gasteiger partial charge in [-0.3, -0.25) is 4.98 Å². The zero-order valence-corrected chi connectivity index (χ0v) is 16.7. The minimum absolute atomic E-state index is 0.208. The van der Waals surface area contributed by atoms with Gasteiger partial charge in [-0.2, -0.15) is 10.5 Å². The van der Waals surface area contributed by atoms with Crippen LogP contribution in [-0.4, -0.2) is 16.6 Å². The van der Waals surface area contributed by atoms with E-state index in [0.29, 0.717) is 29.0 Å². The Bertz CT molecular complexity index is 1230. The summed E-state index contributed by atoms with van der Waals surface area (Å²) in [5.74, 6) is -0.125. The van der Waals surface area contributed by atoms with Gasteiger partial charge >= 0.3 is 0 Å². The molecule has 0 unspecified atom stereocenters. The second-order valence-corrected chi connectivity index (χ2v) is 8.11. The summed E-state index contributed by atoms with van der Waals surface area (Å²) >= 11 is 0. The molecule has 0 amide bonds. The highest BCUT2D eigenvalue weighted by Gasteiger charge is 2.72. The molecule has 1 fully saturated rings. The van der Waals surface area contributed by atoms with Gasteiger partial charge in [0.15, 0.2) is 11.2 Å². The molecular weight excluding hydrogens is 388 g/mol. The van der Waals surface area contributed by atoms with Crippen LogP contribution in [0, 0.1) is 28.6 Å². The van der Waals surface area contributed by atoms with Crippen LogP contribution in [0.5, 0.6) is 5.75 Å². The fourth-order valence-electron chi connectivity index (χ4n) is 5.35. The summed E-state index contributed by atoms with van der Waals surface area (Å²) in [6.07, 6.45) is 2.07. The van der Waals surface area contributed by atoms with Gasteiger partial charge in [-0.05, 0) is 36.2 Å². The molecule has 5 rings (SSSR count). The van der Waals surface area contributed by atoms with E-state index in [1.807, 2.05) is 42.5 Å². The van der Waals surface area contributed by atoms with Gasteiger partial charge in [-0.15, -0.1) is 0 Å². The van der Waals surface area contributed by atoms with Gasteiger partial charge in [0.25, 0.3) is 0 Å². The first-order valence-corrected chi connectivity index (χ1v) is 10.2. The average Bonchev–Trinajstić information content (AvgIpc) is 3.24. The Morgan fingerprint density at radius 3 is 2.42 bits per heavy atom. The topological polar surface area (TPSA) is 116 Å². The first kappa shape index (κ1) is 19.3. The summed E-state index contributed by atoms with van der Waals surface area (Å²) in [5.41, 5.74) is 6.56. The van der Waals surface area contributed by atoms with Crippen LogP contribution in [-0.2, 0) is 11.2 Å². The largest absolute Gasteiger partial charge is 0.476 e. The number of aromatic nitrogens is 1. The lowest BCUT2D eigenvalue weighted by Gasteiger charge is -2.41. The molecule has 31 heavy (non-hydrogen) atoms. The van der Waals surface area contributed by atoms with Crippen LogP contribution in [0.15, 0.2) is 66.9 Å². The van der Waals surface area contributed by atoms with E-state index in [1.165, 1.54) is 6.20 Å². The first-order valence-electron chi connectivity index (χ1n) is 10.2. The molecule has 3 N–H and O–H groups in total. The molecule has 3 aromatic rings. The van der Waals surface area contributed by atoms with Crippen LogP contribution < -0.4 is 10.5 Å². The number of hydrogen-bond acceptors (Lipinski definition) is 6. The van der Waals surface area contributed by atoms with Crippen molar-refractivity contribution in [1.82, 2.24) is 4.98 Å². The Morgan fingerprint density at radius 2 is 1.77 bits per heavy atom. The molecule has 4 atom stereocenters. The minimum Gasteiger partial charge on any atom is -0.476 e. The Balaban J connectivity index is 1.80. The number of hydrogen-bond donors (Lipinski definition) is 2. The van der Waals surface area contributed by atoms with Crippen molar-refractivity contribution in [3.8, 4) is 17.9 Å². The maximum absolute atomic E-state index is 12.4. The van der Waals surface area contributed by atoms with Crippen molar-refractivity contribution in [3.63, 3.8) is 0 Å². The molecule has 0 spiro atoms. The minimum atomic E-state index is -1.49. The van der Waals surface area contributed by atoms with E-state index in [4.69, 9.17) is 10.5 Å². The van der Waals surface area contributed by atoms with Crippen LogP contribution in [0.3, 0.4) is 0 Å². The van der Waals surface area contributed by atoms with Crippen LogP contribution in [0.1, 0.15) is 40.3 Å². The third kappa shape index (κ3) is 2.47.